The highest BCUT2D eigenvalue weighted by Gasteiger charge is 2.48. The molecule has 1 aromatic heterocycles. The van der Waals surface area contributed by atoms with E-state index in [9.17, 15) is 37.5 Å². The molecule has 0 radical (unpaired) electrons. The van der Waals surface area contributed by atoms with Gasteiger partial charge in [0.25, 0.3) is 5.91 Å². The van der Waals surface area contributed by atoms with Gasteiger partial charge in [0.15, 0.2) is 0 Å². The number of anilines is 1. The highest BCUT2D eigenvalue weighted by Crippen LogP contribution is 2.41. The van der Waals surface area contributed by atoms with Gasteiger partial charge in [0.1, 0.15) is 12.1 Å². The summed E-state index contributed by atoms with van der Waals surface area (Å²) in [6.45, 7) is 0. The number of nitrogens with zero attached hydrogens (tertiary/aromatic N) is 2. The van der Waals surface area contributed by atoms with Crippen molar-refractivity contribution in [3.05, 3.63) is 93.2 Å². The second-order valence-corrected chi connectivity index (χ2v) is 12.2. The summed E-state index contributed by atoms with van der Waals surface area (Å²) in [5.41, 5.74) is -0.131. The van der Waals surface area contributed by atoms with E-state index in [1.807, 2.05) is 0 Å². The van der Waals surface area contributed by atoms with E-state index in [0.717, 1.165) is 6.07 Å². The maximum atomic E-state index is 13.6. The van der Waals surface area contributed by atoms with Gasteiger partial charge in [-0.05, 0) is 60.9 Å². The molecule has 242 valence electrons. The van der Waals surface area contributed by atoms with Crippen molar-refractivity contribution in [3.8, 4) is 0 Å². The topological polar surface area (TPSA) is 129 Å². The van der Waals surface area contributed by atoms with Crippen molar-refractivity contribution >= 4 is 52.6 Å². The SMILES string of the molecule is O=C(Nc1ccc(CC(NC(=O)C2C3CCC(CC3)N2C(=O)Cc2ccccc2C(F)(F)F)C(=O)O)cc1)c1c(Cl)cncc1Cl. The number of aromatic nitrogens is 1. The van der Waals surface area contributed by atoms with Crippen LogP contribution >= 0.6 is 23.2 Å². The van der Waals surface area contributed by atoms with E-state index in [0.29, 0.717) is 36.9 Å². The Hall–Kier alpha value is -4.16. The first-order chi connectivity index (χ1) is 21.8. The van der Waals surface area contributed by atoms with Gasteiger partial charge in [0.05, 0.1) is 27.6 Å². The molecule has 2 atom stereocenters. The fourth-order valence-electron chi connectivity index (χ4n) is 6.29. The van der Waals surface area contributed by atoms with Crippen LogP contribution in [0.1, 0.15) is 52.7 Å². The summed E-state index contributed by atoms with van der Waals surface area (Å²) in [5, 5.41) is 15.3. The number of fused-ring (bicyclic) bond motifs is 3. The van der Waals surface area contributed by atoms with Crippen LogP contribution in [0.15, 0.2) is 60.9 Å². The average Bonchev–Trinajstić information content (AvgIpc) is 3.01. The molecule has 0 spiro atoms. The van der Waals surface area contributed by atoms with Crippen molar-refractivity contribution in [1.29, 1.82) is 0 Å². The summed E-state index contributed by atoms with van der Waals surface area (Å²) in [7, 11) is 0. The first kappa shape index (κ1) is 33.2. The first-order valence-electron chi connectivity index (χ1n) is 14.5. The van der Waals surface area contributed by atoms with E-state index < -0.39 is 53.9 Å². The number of alkyl halides is 3. The van der Waals surface area contributed by atoms with Gasteiger partial charge >= 0.3 is 12.1 Å². The van der Waals surface area contributed by atoms with Crippen LogP contribution in [0.5, 0.6) is 0 Å². The van der Waals surface area contributed by atoms with Gasteiger partial charge in [-0.25, -0.2) is 4.79 Å². The molecule has 3 amide bonds. The lowest BCUT2D eigenvalue weighted by Gasteiger charge is -2.50. The highest BCUT2D eigenvalue weighted by molar-refractivity contribution is 6.40. The number of carbonyl (C=O) groups is 4. The molecular formula is C32H29Cl2F3N4O5. The molecule has 2 unspecified atom stereocenters. The molecule has 9 nitrogen and oxygen atoms in total. The normalized spacial score (nSPS) is 19.8. The second kappa shape index (κ2) is 13.7. The van der Waals surface area contributed by atoms with Crippen molar-refractivity contribution in [2.75, 3.05) is 5.32 Å². The summed E-state index contributed by atoms with van der Waals surface area (Å²) in [6, 6.07) is 8.44. The highest BCUT2D eigenvalue weighted by atomic mass is 35.5. The number of aliphatic carboxylic acids is 1. The lowest BCUT2D eigenvalue weighted by atomic mass is 9.74. The number of carboxylic acid groups (broad SMARTS) is 1. The number of amides is 3. The van der Waals surface area contributed by atoms with Crippen molar-refractivity contribution in [3.63, 3.8) is 0 Å². The molecular weight excluding hydrogens is 648 g/mol. The third-order valence-corrected chi connectivity index (χ3v) is 9.02. The summed E-state index contributed by atoms with van der Waals surface area (Å²) in [4.78, 5) is 57.2. The minimum absolute atomic E-state index is 0.0459. The maximum Gasteiger partial charge on any atom is 0.416 e. The van der Waals surface area contributed by atoms with E-state index in [2.05, 4.69) is 15.6 Å². The van der Waals surface area contributed by atoms with Crippen LogP contribution in [0, 0.1) is 5.92 Å². The van der Waals surface area contributed by atoms with Crippen LogP contribution in [0.2, 0.25) is 10.0 Å². The summed E-state index contributed by atoms with van der Waals surface area (Å²) in [5.74, 6) is -3.37. The van der Waals surface area contributed by atoms with E-state index in [1.165, 1.54) is 35.5 Å². The number of carboxylic acids is 1. The molecule has 3 heterocycles. The van der Waals surface area contributed by atoms with Crippen molar-refractivity contribution < 1.29 is 37.5 Å². The summed E-state index contributed by atoms with van der Waals surface area (Å²) >= 11 is 12.1. The monoisotopic (exact) mass is 676 g/mol. The van der Waals surface area contributed by atoms with E-state index >= 15 is 0 Å². The largest absolute Gasteiger partial charge is 0.480 e. The Morgan fingerprint density at radius 1 is 0.957 bits per heavy atom. The third-order valence-electron chi connectivity index (χ3n) is 8.45. The van der Waals surface area contributed by atoms with Gasteiger partial charge in [0.2, 0.25) is 11.8 Å². The molecule has 2 saturated heterocycles. The van der Waals surface area contributed by atoms with E-state index in [-0.39, 0.29) is 39.6 Å². The molecule has 3 N–H and O–H groups in total. The molecule has 1 saturated carbocycles. The summed E-state index contributed by atoms with van der Waals surface area (Å²) < 4.78 is 40.8. The smallest absolute Gasteiger partial charge is 0.416 e. The second-order valence-electron chi connectivity index (χ2n) is 11.4. The number of nitrogens with one attached hydrogen (secondary N) is 2. The van der Waals surface area contributed by atoms with Crippen LogP contribution in [0.3, 0.4) is 0 Å². The molecule has 1 aliphatic carbocycles. The van der Waals surface area contributed by atoms with Crippen molar-refractivity contribution in [1.82, 2.24) is 15.2 Å². The average molecular weight is 678 g/mol. The number of pyridine rings is 1. The first-order valence-corrected chi connectivity index (χ1v) is 15.3. The zero-order valence-corrected chi connectivity index (χ0v) is 25.7. The Labute approximate surface area is 272 Å². The predicted molar refractivity (Wildman–Crippen MR) is 163 cm³/mol. The van der Waals surface area contributed by atoms with Gasteiger partial charge in [-0.15, -0.1) is 0 Å². The molecule has 6 rings (SSSR count). The molecule has 14 heteroatoms. The van der Waals surface area contributed by atoms with Gasteiger partial charge in [-0.3, -0.25) is 19.4 Å². The van der Waals surface area contributed by atoms with E-state index in [4.69, 9.17) is 23.2 Å². The van der Waals surface area contributed by atoms with Crippen molar-refractivity contribution in [2.24, 2.45) is 5.92 Å². The number of hydrogen-bond acceptors (Lipinski definition) is 5. The lowest BCUT2D eigenvalue weighted by molar-refractivity contribution is -0.154. The zero-order chi connectivity index (χ0) is 33.2. The van der Waals surface area contributed by atoms with Gasteiger partial charge < -0.3 is 20.6 Å². The molecule has 2 bridgehead atoms. The minimum atomic E-state index is -4.64. The van der Waals surface area contributed by atoms with Gasteiger partial charge in [0, 0.05) is 30.5 Å². The number of halogens is 5. The zero-order valence-electron chi connectivity index (χ0n) is 24.2. The third kappa shape index (κ3) is 7.28. The number of benzene rings is 2. The van der Waals surface area contributed by atoms with E-state index in [1.54, 1.807) is 24.3 Å². The Morgan fingerprint density at radius 2 is 1.59 bits per heavy atom. The number of carbonyl (C=O) groups excluding carboxylic acids is 3. The van der Waals surface area contributed by atoms with Crippen LogP contribution in [0.4, 0.5) is 18.9 Å². The Kier molecular flexibility index (Phi) is 9.88. The summed E-state index contributed by atoms with van der Waals surface area (Å²) in [6.07, 6.45) is -0.192. The number of hydrogen-bond donors (Lipinski definition) is 3. The van der Waals surface area contributed by atoms with Crippen LogP contribution in [-0.2, 0) is 33.4 Å². The van der Waals surface area contributed by atoms with Crippen LogP contribution < -0.4 is 10.6 Å². The fourth-order valence-corrected chi connectivity index (χ4v) is 6.83. The molecule has 2 aliphatic heterocycles. The Bertz CT molecular complexity index is 1630. The lowest BCUT2D eigenvalue weighted by Crippen LogP contribution is -2.64. The Morgan fingerprint density at radius 3 is 2.20 bits per heavy atom. The number of rotatable bonds is 9. The number of piperidine rings is 2. The van der Waals surface area contributed by atoms with Gasteiger partial charge in [-0.2, -0.15) is 13.2 Å². The minimum Gasteiger partial charge on any atom is -0.480 e. The quantitative estimate of drug-likeness (QED) is 0.263. The van der Waals surface area contributed by atoms with Gasteiger partial charge in [-0.1, -0.05) is 53.5 Å². The molecule has 2 aromatic carbocycles. The van der Waals surface area contributed by atoms with Crippen molar-refractivity contribution in [2.45, 2.75) is 62.8 Å². The standard InChI is InChI=1S/C32H29Cl2F3N4O5/c33-23-15-38-16-24(34)27(23)29(43)39-20-9-5-17(6-10-20)13-25(31(45)46)40-30(44)28-18-7-11-21(12-8-18)41(28)26(42)14-19-3-1-2-4-22(19)32(35,36)37/h1-6,9-10,15-16,18,21,25,28H,7-8,11-14H2,(H,39,43)(H,40,44)(H,45,46). The predicted octanol–water partition coefficient (Wildman–Crippen LogP) is 5.78. The molecule has 3 aromatic rings. The molecule has 46 heavy (non-hydrogen) atoms. The van der Waals surface area contributed by atoms with Crippen LogP contribution in [0.25, 0.3) is 0 Å². The molecule has 3 fully saturated rings. The molecule has 3 aliphatic rings. The Balaban J connectivity index is 1.28. The van der Waals surface area contributed by atoms with Crippen LogP contribution in [-0.4, -0.2) is 56.8 Å². The fraction of sp³-hybridized carbons (Fsp3) is 0.344. The maximum absolute atomic E-state index is 13.6.